The minimum absolute atomic E-state index is 0.0418. The topological polar surface area (TPSA) is 20.3 Å². The number of halogens is 3. The molecule has 6 heteroatoms. The second kappa shape index (κ2) is 8.61. The van der Waals surface area contributed by atoms with Crippen molar-refractivity contribution in [2.75, 3.05) is 4.90 Å². The van der Waals surface area contributed by atoms with E-state index < -0.39 is 11.7 Å². The highest BCUT2D eigenvalue weighted by atomic mass is 32.1. The van der Waals surface area contributed by atoms with Crippen molar-refractivity contribution < 1.29 is 18.0 Å². The second-order valence-corrected chi connectivity index (χ2v) is 7.37. The molecule has 1 aromatic heterocycles. The summed E-state index contributed by atoms with van der Waals surface area (Å²) in [6.07, 6.45) is -3.27. The maximum atomic E-state index is 12.8. The standard InChI is InChI=1S/C22H20F3NOS/c1-2-6-21(27)26(14-16-9-11-18(12-10-16)22(23,24)25)19-13-20(28-15-19)17-7-4-3-5-8-17/h3-5,7-13,15H,2,6,14H2,1H3. The molecule has 0 spiro atoms. The monoisotopic (exact) mass is 403 g/mol. The number of thiophene rings is 1. The summed E-state index contributed by atoms with van der Waals surface area (Å²) in [6, 6.07) is 16.8. The molecule has 0 saturated heterocycles. The SMILES string of the molecule is CCCC(=O)N(Cc1ccc(C(F)(F)F)cc1)c1csc(-c2ccccc2)c1. The highest BCUT2D eigenvalue weighted by Crippen LogP contribution is 2.33. The molecule has 1 amide bonds. The van der Waals surface area contributed by atoms with Crippen LogP contribution in [-0.2, 0) is 17.5 Å². The molecule has 0 N–H and O–H groups in total. The summed E-state index contributed by atoms with van der Waals surface area (Å²) in [7, 11) is 0. The second-order valence-electron chi connectivity index (χ2n) is 6.46. The molecule has 0 aliphatic carbocycles. The number of carbonyl (C=O) groups excluding carboxylic acids is 1. The van der Waals surface area contributed by atoms with Crippen molar-refractivity contribution in [3.8, 4) is 10.4 Å². The minimum atomic E-state index is -4.37. The van der Waals surface area contributed by atoms with Crippen molar-refractivity contribution in [1.82, 2.24) is 0 Å². The molecule has 3 rings (SSSR count). The lowest BCUT2D eigenvalue weighted by molar-refractivity contribution is -0.137. The van der Waals surface area contributed by atoms with Gasteiger partial charge >= 0.3 is 6.18 Å². The molecule has 146 valence electrons. The Labute approximate surface area is 166 Å². The van der Waals surface area contributed by atoms with Crippen LogP contribution in [0.2, 0.25) is 0 Å². The summed E-state index contributed by atoms with van der Waals surface area (Å²) < 4.78 is 38.3. The van der Waals surface area contributed by atoms with Crippen LogP contribution in [0.3, 0.4) is 0 Å². The molecule has 28 heavy (non-hydrogen) atoms. The van der Waals surface area contributed by atoms with Gasteiger partial charge in [-0.15, -0.1) is 11.3 Å². The van der Waals surface area contributed by atoms with Crippen LogP contribution in [0.4, 0.5) is 18.9 Å². The lowest BCUT2D eigenvalue weighted by atomic mass is 10.1. The molecule has 1 heterocycles. The molecular formula is C22H20F3NOS. The molecular weight excluding hydrogens is 383 g/mol. The van der Waals surface area contributed by atoms with Gasteiger partial charge in [0.05, 0.1) is 17.8 Å². The van der Waals surface area contributed by atoms with Gasteiger partial charge in [0, 0.05) is 16.7 Å². The fourth-order valence-corrected chi connectivity index (χ4v) is 3.78. The van der Waals surface area contributed by atoms with E-state index in [1.54, 1.807) is 16.2 Å². The molecule has 0 saturated carbocycles. The van der Waals surface area contributed by atoms with Crippen molar-refractivity contribution in [1.29, 1.82) is 0 Å². The van der Waals surface area contributed by atoms with Gasteiger partial charge in [-0.1, -0.05) is 49.4 Å². The van der Waals surface area contributed by atoms with Crippen LogP contribution in [0.1, 0.15) is 30.9 Å². The number of amides is 1. The first kappa shape index (κ1) is 20.1. The van der Waals surface area contributed by atoms with Gasteiger partial charge in [-0.3, -0.25) is 4.79 Å². The number of nitrogens with zero attached hydrogens (tertiary/aromatic N) is 1. The molecule has 0 aliphatic rings. The van der Waals surface area contributed by atoms with E-state index in [0.29, 0.717) is 18.4 Å². The molecule has 2 nitrogen and oxygen atoms in total. The van der Waals surface area contributed by atoms with Crippen molar-refractivity contribution >= 4 is 22.9 Å². The molecule has 0 bridgehead atoms. The molecule has 0 radical (unpaired) electrons. The first-order chi connectivity index (χ1) is 13.4. The van der Waals surface area contributed by atoms with Crippen LogP contribution < -0.4 is 4.90 Å². The number of alkyl halides is 3. The average Bonchev–Trinajstić information content (AvgIpc) is 3.16. The van der Waals surface area contributed by atoms with Crippen LogP contribution >= 0.6 is 11.3 Å². The maximum Gasteiger partial charge on any atom is 0.416 e. The summed E-state index contributed by atoms with van der Waals surface area (Å²) in [5.41, 5.74) is 1.80. The zero-order valence-electron chi connectivity index (χ0n) is 15.4. The number of hydrogen-bond donors (Lipinski definition) is 0. The van der Waals surface area contributed by atoms with E-state index in [1.807, 2.05) is 48.7 Å². The Hall–Kier alpha value is -2.60. The van der Waals surface area contributed by atoms with E-state index in [4.69, 9.17) is 0 Å². The van der Waals surface area contributed by atoms with Crippen molar-refractivity contribution in [2.24, 2.45) is 0 Å². The number of hydrogen-bond acceptors (Lipinski definition) is 2. The van der Waals surface area contributed by atoms with Gasteiger partial charge in [0.25, 0.3) is 0 Å². The highest BCUT2D eigenvalue weighted by Gasteiger charge is 2.30. The van der Waals surface area contributed by atoms with E-state index in [0.717, 1.165) is 28.3 Å². The zero-order chi connectivity index (χ0) is 20.1. The Balaban J connectivity index is 1.86. The first-order valence-electron chi connectivity index (χ1n) is 8.99. The third-order valence-corrected chi connectivity index (χ3v) is 5.31. The Bertz CT molecular complexity index is 917. The third kappa shape index (κ3) is 4.81. The van der Waals surface area contributed by atoms with Crippen LogP contribution in [0.25, 0.3) is 10.4 Å². The first-order valence-corrected chi connectivity index (χ1v) is 9.87. The quantitative estimate of drug-likeness (QED) is 0.445. The summed E-state index contributed by atoms with van der Waals surface area (Å²) in [4.78, 5) is 15.4. The molecule has 0 unspecified atom stereocenters. The predicted octanol–water partition coefficient (Wildman–Crippen LogP) is 6.77. The lowest BCUT2D eigenvalue weighted by Crippen LogP contribution is -2.29. The number of benzene rings is 2. The van der Waals surface area contributed by atoms with Gasteiger partial charge in [0.2, 0.25) is 5.91 Å². The Morgan fingerprint density at radius 2 is 1.71 bits per heavy atom. The number of carbonyl (C=O) groups is 1. The fourth-order valence-electron chi connectivity index (χ4n) is 2.88. The van der Waals surface area contributed by atoms with Gasteiger partial charge in [-0.05, 0) is 35.7 Å². The van der Waals surface area contributed by atoms with E-state index in [2.05, 4.69) is 0 Å². The average molecular weight is 403 g/mol. The zero-order valence-corrected chi connectivity index (χ0v) is 16.2. The maximum absolute atomic E-state index is 12.8. The Morgan fingerprint density at radius 1 is 1.04 bits per heavy atom. The van der Waals surface area contributed by atoms with Crippen molar-refractivity contribution in [3.63, 3.8) is 0 Å². The molecule has 3 aromatic rings. The molecule has 0 fully saturated rings. The van der Waals surface area contributed by atoms with Crippen molar-refractivity contribution in [2.45, 2.75) is 32.5 Å². The molecule has 0 atom stereocenters. The van der Waals surface area contributed by atoms with E-state index in [-0.39, 0.29) is 12.5 Å². The lowest BCUT2D eigenvalue weighted by Gasteiger charge is -2.22. The van der Waals surface area contributed by atoms with E-state index in [9.17, 15) is 18.0 Å². The van der Waals surface area contributed by atoms with Crippen LogP contribution in [0.15, 0.2) is 66.0 Å². The summed E-state index contributed by atoms with van der Waals surface area (Å²) in [5, 5.41) is 1.92. The van der Waals surface area contributed by atoms with Crippen LogP contribution in [0, 0.1) is 0 Å². The van der Waals surface area contributed by atoms with E-state index >= 15 is 0 Å². The Kier molecular flexibility index (Phi) is 6.19. The van der Waals surface area contributed by atoms with Crippen molar-refractivity contribution in [3.05, 3.63) is 77.2 Å². The minimum Gasteiger partial charge on any atom is -0.307 e. The van der Waals surface area contributed by atoms with Gasteiger partial charge < -0.3 is 4.90 Å². The van der Waals surface area contributed by atoms with Gasteiger partial charge in [0.1, 0.15) is 0 Å². The highest BCUT2D eigenvalue weighted by molar-refractivity contribution is 7.14. The van der Waals surface area contributed by atoms with Gasteiger partial charge in [0.15, 0.2) is 0 Å². The largest absolute Gasteiger partial charge is 0.416 e. The summed E-state index contributed by atoms with van der Waals surface area (Å²) in [6.45, 7) is 2.17. The van der Waals surface area contributed by atoms with Gasteiger partial charge in [-0.2, -0.15) is 13.2 Å². The number of rotatable bonds is 6. The normalized spacial score (nSPS) is 11.4. The van der Waals surface area contributed by atoms with E-state index in [1.165, 1.54) is 12.1 Å². The predicted molar refractivity (Wildman–Crippen MR) is 107 cm³/mol. The molecule has 0 aliphatic heterocycles. The summed E-state index contributed by atoms with van der Waals surface area (Å²) >= 11 is 1.54. The Morgan fingerprint density at radius 3 is 2.32 bits per heavy atom. The number of anilines is 1. The summed E-state index contributed by atoms with van der Waals surface area (Å²) in [5.74, 6) is -0.0418. The van der Waals surface area contributed by atoms with Gasteiger partial charge in [-0.25, -0.2) is 0 Å². The molecule has 2 aromatic carbocycles. The third-order valence-electron chi connectivity index (χ3n) is 4.34. The fraction of sp³-hybridized carbons (Fsp3) is 0.227. The van der Waals surface area contributed by atoms with Crippen LogP contribution in [-0.4, -0.2) is 5.91 Å². The van der Waals surface area contributed by atoms with Crippen LogP contribution in [0.5, 0.6) is 0 Å². The smallest absolute Gasteiger partial charge is 0.307 e.